The summed E-state index contributed by atoms with van der Waals surface area (Å²) in [5, 5.41) is 4.72. The molecule has 0 amide bonds. The zero-order valence-corrected chi connectivity index (χ0v) is 16.0. The van der Waals surface area contributed by atoms with Gasteiger partial charge in [-0.2, -0.15) is 5.10 Å². The molecule has 2 heterocycles. The van der Waals surface area contributed by atoms with Gasteiger partial charge in [0.1, 0.15) is 10.9 Å². The predicted molar refractivity (Wildman–Crippen MR) is 101 cm³/mol. The van der Waals surface area contributed by atoms with Crippen LogP contribution >= 0.6 is 11.6 Å². The van der Waals surface area contributed by atoms with Gasteiger partial charge in [0.05, 0.1) is 30.4 Å². The van der Waals surface area contributed by atoms with Crippen molar-refractivity contribution in [2.24, 2.45) is 0 Å². The molecule has 0 aliphatic carbocycles. The summed E-state index contributed by atoms with van der Waals surface area (Å²) >= 11 is 6.40. The molecule has 0 saturated carbocycles. The van der Waals surface area contributed by atoms with Crippen molar-refractivity contribution >= 4 is 33.3 Å². The lowest BCUT2D eigenvalue weighted by Crippen LogP contribution is -2.12. The van der Waals surface area contributed by atoms with Gasteiger partial charge in [-0.15, -0.1) is 0 Å². The van der Waals surface area contributed by atoms with E-state index < -0.39 is 9.84 Å². The molecule has 1 fully saturated rings. The fourth-order valence-corrected chi connectivity index (χ4v) is 5.03. The van der Waals surface area contributed by atoms with Gasteiger partial charge in [0, 0.05) is 11.1 Å². The van der Waals surface area contributed by atoms with E-state index in [1.54, 1.807) is 49.1 Å². The highest BCUT2D eigenvalue weighted by Crippen LogP contribution is 2.30. The fraction of sp³-hybridized carbons (Fsp3) is 0.333. The van der Waals surface area contributed by atoms with Crippen LogP contribution in [0, 0.1) is 6.92 Å². The maximum absolute atomic E-state index is 12.4. The molecule has 6 nitrogen and oxygen atoms in total. The van der Waals surface area contributed by atoms with Gasteiger partial charge in [-0.25, -0.2) is 13.1 Å². The molecule has 0 bridgehead atoms. The number of hydrogen-bond donors (Lipinski definition) is 0. The van der Waals surface area contributed by atoms with Crippen molar-refractivity contribution in [3.05, 3.63) is 52.3 Å². The van der Waals surface area contributed by atoms with E-state index in [0.717, 1.165) is 0 Å². The molecule has 26 heavy (non-hydrogen) atoms. The molecule has 1 aromatic heterocycles. The van der Waals surface area contributed by atoms with Crippen LogP contribution in [0.5, 0.6) is 5.75 Å². The van der Waals surface area contributed by atoms with E-state index >= 15 is 0 Å². The second kappa shape index (κ2) is 7.25. The average Bonchev–Trinajstić information content (AvgIpc) is 3.11. The van der Waals surface area contributed by atoms with Crippen molar-refractivity contribution in [1.82, 2.24) is 9.78 Å². The molecule has 1 atom stereocenters. The highest BCUT2D eigenvalue weighted by molar-refractivity contribution is 7.91. The number of aryl methyl sites for hydroxylation is 1. The minimum atomic E-state index is -3.04. The van der Waals surface area contributed by atoms with Crippen molar-refractivity contribution in [2.75, 3.05) is 18.6 Å². The van der Waals surface area contributed by atoms with E-state index in [1.807, 2.05) is 0 Å². The van der Waals surface area contributed by atoms with Crippen molar-refractivity contribution in [3.8, 4) is 5.75 Å². The Kier molecular flexibility index (Phi) is 5.20. The molecule has 0 N–H and O–H groups in total. The first-order valence-electron chi connectivity index (χ1n) is 8.12. The predicted octanol–water partition coefficient (Wildman–Crippen LogP) is 3.11. The molecule has 138 valence electrons. The van der Waals surface area contributed by atoms with E-state index in [4.69, 9.17) is 16.3 Å². The number of rotatable bonds is 5. The first-order chi connectivity index (χ1) is 12.3. The van der Waals surface area contributed by atoms with Gasteiger partial charge in [-0.1, -0.05) is 23.7 Å². The van der Waals surface area contributed by atoms with E-state index in [2.05, 4.69) is 5.10 Å². The van der Waals surface area contributed by atoms with Crippen LogP contribution < -0.4 is 4.74 Å². The lowest BCUT2D eigenvalue weighted by molar-refractivity contribution is 0.104. The number of methoxy groups -OCH3 is 1. The Hall–Kier alpha value is -2.12. The molecular formula is C18H19ClN2O4S. The molecule has 1 aliphatic rings. The van der Waals surface area contributed by atoms with Gasteiger partial charge in [0.15, 0.2) is 15.6 Å². The van der Waals surface area contributed by atoms with E-state index in [1.165, 1.54) is 6.08 Å². The van der Waals surface area contributed by atoms with Gasteiger partial charge in [-0.3, -0.25) is 4.79 Å². The highest BCUT2D eigenvalue weighted by Gasteiger charge is 2.31. The number of carbonyl (C=O) groups excluding carboxylic acids is 1. The molecule has 0 unspecified atom stereocenters. The smallest absolute Gasteiger partial charge is 0.185 e. The van der Waals surface area contributed by atoms with Crippen LogP contribution in [0.15, 0.2) is 30.3 Å². The van der Waals surface area contributed by atoms with E-state index in [9.17, 15) is 13.2 Å². The summed E-state index contributed by atoms with van der Waals surface area (Å²) in [5.41, 5.74) is 1.77. The molecule has 0 radical (unpaired) electrons. The molecule has 8 heteroatoms. The normalized spacial score (nSPS) is 19.1. The van der Waals surface area contributed by atoms with Crippen LogP contribution in [0.2, 0.25) is 5.15 Å². The summed E-state index contributed by atoms with van der Waals surface area (Å²) in [6.45, 7) is 1.78. The average molecular weight is 395 g/mol. The van der Waals surface area contributed by atoms with Crippen molar-refractivity contribution in [3.63, 3.8) is 0 Å². The van der Waals surface area contributed by atoms with Crippen LogP contribution in [0.4, 0.5) is 0 Å². The number of nitrogens with zero attached hydrogens (tertiary/aromatic N) is 2. The molecular weight excluding hydrogens is 376 g/mol. The molecule has 3 rings (SSSR count). The number of ether oxygens (including phenoxy) is 1. The Labute approximate surface area is 157 Å². The Morgan fingerprint density at radius 3 is 2.85 bits per heavy atom. The standard InChI is InChI=1S/C18H19ClN2O4S/c1-12-16(6-7-17(22)13-4-3-5-15(10-13)25-2)18(19)21(20-12)14-8-9-26(23,24)11-14/h3-7,10,14H,8-9,11H2,1-2H3/b7-6+/t14-/m1/s1. The number of halogens is 1. The summed E-state index contributed by atoms with van der Waals surface area (Å²) < 4.78 is 30.1. The summed E-state index contributed by atoms with van der Waals surface area (Å²) in [4.78, 5) is 12.4. The zero-order chi connectivity index (χ0) is 18.9. The topological polar surface area (TPSA) is 78.3 Å². The van der Waals surface area contributed by atoms with Gasteiger partial charge in [0.2, 0.25) is 0 Å². The van der Waals surface area contributed by atoms with Crippen molar-refractivity contribution in [1.29, 1.82) is 0 Å². The number of ketones is 1. The SMILES string of the molecule is COc1cccc(C(=O)/C=C/c2c(C)nn([C@@H]3CCS(=O)(=O)C3)c2Cl)c1. The summed E-state index contributed by atoms with van der Waals surface area (Å²) in [6, 6.07) is 6.62. The quantitative estimate of drug-likeness (QED) is 0.575. The summed E-state index contributed by atoms with van der Waals surface area (Å²) in [7, 11) is -1.49. The second-order valence-corrected chi connectivity index (χ2v) is 8.81. The lowest BCUT2D eigenvalue weighted by Gasteiger charge is -2.09. The maximum Gasteiger partial charge on any atom is 0.185 e. The number of hydrogen-bond acceptors (Lipinski definition) is 5. The third-order valence-electron chi connectivity index (χ3n) is 4.38. The molecule has 1 aliphatic heterocycles. The van der Waals surface area contributed by atoms with Crippen molar-refractivity contribution < 1.29 is 17.9 Å². The monoisotopic (exact) mass is 394 g/mol. The minimum Gasteiger partial charge on any atom is -0.497 e. The van der Waals surface area contributed by atoms with Gasteiger partial charge < -0.3 is 4.74 Å². The van der Waals surface area contributed by atoms with Crippen molar-refractivity contribution in [2.45, 2.75) is 19.4 Å². The van der Waals surface area contributed by atoms with Crippen LogP contribution in [0.1, 0.15) is 34.1 Å². The Bertz CT molecular complexity index is 979. The van der Waals surface area contributed by atoms with Gasteiger partial charge in [-0.05, 0) is 37.6 Å². The fourth-order valence-electron chi connectivity index (χ4n) is 2.96. The Balaban J connectivity index is 1.84. The van der Waals surface area contributed by atoms with Gasteiger partial charge >= 0.3 is 0 Å². The molecule has 0 spiro atoms. The number of sulfone groups is 1. The summed E-state index contributed by atoms with van der Waals surface area (Å²) in [6.07, 6.45) is 3.54. The van der Waals surface area contributed by atoms with Crippen LogP contribution in [0.3, 0.4) is 0 Å². The third-order valence-corrected chi connectivity index (χ3v) is 6.51. The molecule has 1 aromatic carbocycles. The lowest BCUT2D eigenvalue weighted by atomic mass is 10.1. The molecule has 1 saturated heterocycles. The Morgan fingerprint density at radius 2 is 2.19 bits per heavy atom. The highest BCUT2D eigenvalue weighted by atomic mass is 35.5. The first kappa shape index (κ1) is 18.7. The second-order valence-electron chi connectivity index (χ2n) is 6.22. The number of allylic oxidation sites excluding steroid dienone is 1. The van der Waals surface area contributed by atoms with Crippen LogP contribution in [-0.2, 0) is 9.84 Å². The maximum atomic E-state index is 12.4. The van der Waals surface area contributed by atoms with E-state index in [0.29, 0.717) is 34.1 Å². The molecule has 2 aromatic rings. The summed E-state index contributed by atoms with van der Waals surface area (Å²) in [5.74, 6) is 0.607. The number of aromatic nitrogens is 2. The van der Waals surface area contributed by atoms with E-state index in [-0.39, 0.29) is 23.3 Å². The largest absolute Gasteiger partial charge is 0.497 e. The number of benzene rings is 1. The third kappa shape index (κ3) is 3.83. The first-order valence-corrected chi connectivity index (χ1v) is 10.3. The minimum absolute atomic E-state index is 0.0414. The number of carbonyl (C=O) groups is 1. The van der Waals surface area contributed by atoms with Crippen LogP contribution in [0.25, 0.3) is 6.08 Å². The van der Waals surface area contributed by atoms with Crippen LogP contribution in [-0.4, -0.2) is 42.6 Å². The van der Waals surface area contributed by atoms with Gasteiger partial charge in [0.25, 0.3) is 0 Å². The zero-order valence-electron chi connectivity index (χ0n) is 14.5. The Morgan fingerprint density at radius 1 is 1.42 bits per heavy atom.